The molecule has 150 valence electrons. The van der Waals surface area contributed by atoms with Crippen molar-refractivity contribution in [1.82, 2.24) is 15.0 Å². The first kappa shape index (κ1) is 18.3. The van der Waals surface area contributed by atoms with E-state index < -0.39 is 0 Å². The predicted molar refractivity (Wildman–Crippen MR) is 108 cm³/mol. The molecule has 0 bridgehead atoms. The minimum atomic E-state index is 0.281. The summed E-state index contributed by atoms with van der Waals surface area (Å²) >= 11 is 0. The average Bonchev–Trinajstić information content (AvgIpc) is 3.33. The number of nitrogens with zero attached hydrogens (tertiary/aromatic N) is 3. The summed E-state index contributed by atoms with van der Waals surface area (Å²) in [7, 11) is 0. The lowest BCUT2D eigenvalue weighted by atomic mass is 9.64. The molecule has 1 aromatic carbocycles. The van der Waals surface area contributed by atoms with Gasteiger partial charge in [-0.3, -0.25) is 9.80 Å². The van der Waals surface area contributed by atoms with E-state index in [2.05, 4.69) is 51.4 Å². The standard InChI is InChI=1S/C23H31N3O2/c1-18-15-20(24-28-18)17-26-10-9-23(19-5-3-2-4-6-19)8-7-21(16-22(23)26)25-11-13-27-14-12-25/h2-6,15,21-22H,7-14,16-17H2,1H3/t21-,22-,23+/m1/s1. The lowest BCUT2D eigenvalue weighted by molar-refractivity contribution is -0.00852. The molecule has 0 amide bonds. The Balaban J connectivity index is 1.42. The van der Waals surface area contributed by atoms with E-state index in [4.69, 9.17) is 9.26 Å². The van der Waals surface area contributed by atoms with E-state index in [1.807, 2.05) is 6.92 Å². The molecule has 1 aliphatic carbocycles. The number of rotatable bonds is 4. The van der Waals surface area contributed by atoms with Crippen molar-refractivity contribution >= 4 is 0 Å². The number of morpholine rings is 1. The second-order valence-electron chi connectivity index (χ2n) is 8.76. The zero-order valence-electron chi connectivity index (χ0n) is 16.8. The molecule has 5 heteroatoms. The van der Waals surface area contributed by atoms with Crippen LogP contribution in [-0.4, -0.2) is 59.9 Å². The van der Waals surface area contributed by atoms with Crippen molar-refractivity contribution in [3.63, 3.8) is 0 Å². The minimum absolute atomic E-state index is 0.281. The van der Waals surface area contributed by atoms with Gasteiger partial charge >= 0.3 is 0 Å². The highest BCUT2D eigenvalue weighted by Crippen LogP contribution is 2.50. The predicted octanol–water partition coefficient (Wildman–Crippen LogP) is 3.38. The molecule has 0 spiro atoms. The van der Waals surface area contributed by atoms with Gasteiger partial charge in [0.05, 0.1) is 18.9 Å². The zero-order valence-corrected chi connectivity index (χ0v) is 16.8. The monoisotopic (exact) mass is 381 g/mol. The summed E-state index contributed by atoms with van der Waals surface area (Å²) in [5, 5.41) is 4.28. The summed E-state index contributed by atoms with van der Waals surface area (Å²) in [5.74, 6) is 0.901. The molecule has 2 aliphatic heterocycles. The van der Waals surface area contributed by atoms with Crippen molar-refractivity contribution in [3.8, 4) is 0 Å². The molecular formula is C23H31N3O2. The van der Waals surface area contributed by atoms with Gasteiger partial charge < -0.3 is 9.26 Å². The van der Waals surface area contributed by atoms with Crippen LogP contribution in [0.25, 0.3) is 0 Å². The number of likely N-dealkylation sites (tertiary alicyclic amines) is 1. The number of aromatic nitrogens is 1. The van der Waals surface area contributed by atoms with Crippen LogP contribution in [0.3, 0.4) is 0 Å². The second-order valence-corrected chi connectivity index (χ2v) is 8.76. The first-order valence-electron chi connectivity index (χ1n) is 10.8. The highest BCUT2D eigenvalue weighted by atomic mass is 16.5. The Morgan fingerprint density at radius 3 is 2.68 bits per heavy atom. The van der Waals surface area contributed by atoms with Crippen molar-refractivity contribution in [2.75, 3.05) is 32.8 Å². The molecular weight excluding hydrogens is 350 g/mol. The molecule has 2 saturated heterocycles. The molecule has 0 unspecified atom stereocenters. The Morgan fingerprint density at radius 2 is 1.93 bits per heavy atom. The lowest BCUT2D eigenvalue weighted by Crippen LogP contribution is -2.54. The third-order valence-electron chi connectivity index (χ3n) is 7.30. The van der Waals surface area contributed by atoms with Crippen molar-refractivity contribution in [1.29, 1.82) is 0 Å². The third-order valence-corrected chi connectivity index (χ3v) is 7.30. The number of fused-ring (bicyclic) bond motifs is 1. The van der Waals surface area contributed by atoms with Gasteiger partial charge in [0.15, 0.2) is 0 Å². The number of aryl methyl sites for hydroxylation is 1. The Labute approximate surface area is 167 Å². The smallest absolute Gasteiger partial charge is 0.133 e. The van der Waals surface area contributed by atoms with Gasteiger partial charge in [-0.15, -0.1) is 0 Å². The summed E-state index contributed by atoms with van der Waals surface area (Å²) in [6.45, 7) is 7.94. The van der Waals surface area contributed by atoms with Crippen molar-refractivity contribution < 1.29 is 9.26 Å². The Morgan fingerprint density at radius 1 is 1.11 bits per heavy atom. The van der Waals surface area contributed by atoms with Gasteiger partial charge in [0.2, 0.25) is 0 Å². The van der Waals surface area contributed by atoms with Crippen LogP contribution < -0.4 is 0 Å². The molecule has 0 radical (unpaired) electrons. The normalized spacial score (nSPS) is 31.8. The van der Waals surface area contributed by atoms with Gasteiger partial charge in [0.25, 0.3) is 0 Å². The molecule has 2 aromatic rings. The second kappa shape index (κ2) is 7.62. The van der Waals surface area contributed by atoms with Gasteiger partial charge in [-0.25, -0.2) is 0 Å². The highest BCUT2D eigenvalue weighted by molar-refractivity contribution is 5.31. The molecule has 28 heavy (non-hydrogen) atoms. The summed E-state index contributed by atoms with van der Waals surface area (Å²) in [6, 6.07) is 14.6. The summed E-state index contributed by atoms with van der Waals surface area (Å²) < 4.78 is 10.9. The molecule has 5 rings (SSSR count). The van der Waals surface area contributed by atoms with Gasteiger partial charge in [0.1, 0.15) is 5.76 Å². The van der Waals surface area contributed by atoms with E-state index in [1.165, 1.54) is 31.2 Å². The van der Waals surface area contributed by atoms with Crippen LogP contribution in [0.5, 0.6) is 0 Å². The maximum atomic E-state index is 5.60. The number of benzene rings is 1. The minimum Gasteiger partial charge on any atom is -0.379 e. The van der Waals surface area contributed by atoms with E-state index in [9.17, 15) is 0 Å². The van der Waals surface area contributed by atoms with Gasteiger partial charge in [-0.05, 0) is 44.7 Å². The fourth-order valence-electron chi connectivity index (χ4n) is 5.90. The first-order valence-corrected chi connectivity index (χ1v) is 10.8. The molecule has 0 N–H and O–H groups in total. The number of hydrogen-bond acceptors (Lipinski definition) is 5. The van der Waals surface area contributed by atoms with Gasteiger partial charge in [-0.2, -0.15) is 0 Å². The van der Waals surface area contributed by atoms with Crippen LogP contribution in [-0.2, 0) is 16.7 Å². The average molecular weight is 382 g/mol. The number of ether oxygens (including phenoxy) is 1. The number of hydrogen-bond donors (Lipinski definition) is 0. The van der Waals surface area contributed by atoms with Gasteiger partial charge in [0, 0.05) is 43.2 Å². The van der Waals surface area contributed by atoms with E-state index in [0.717, 1.165) is 50.8 Å². The Kier molecular flexibility index (Phi) is 4.99. The molecule has 3 atom stereocenters. The molecule has 3 fully saturated rings. The van der Waals surface area contributed by atoms with Gasteiger partial charge in [-0.1, -0.05) is 35.5 Å². The van der Waals surface area contributed by atoms with Crippen molar-refractivity contribution in [2.45, 2.75) is 56.7 Å². The van der Waals surface area contributed by atoms with E-state index in [-0.39, 0.29) is 5.41 Å². The first-order chi connectivity index (χ1) is 13.7. The third kappa shape index (κ3) is 3.30. The maximum absolute atomic E-state index is 5.60. The lowest BCUT2D eigenvalue weighted by Gasteiger charge is -2.48. The quantitative estimate of drug-likeness (QED) is 0.812. The highest BCUT2D eigenvalue weighted by Gasteiger charge is 2.52. The molecule has 5 nitrogen and oxygen atoms in total. The fraction of sp³-hybridized carbons (Fsp3) is 0.609. The Hall–Kier alpha value is -1.69. The van der Waals surface area contributed by atoms with Crippen LogP contribution in [0.1, 0.15) is 42.7 Å². The van der Waals surface area contributed by atoms with Crippen LogP contribution >= 0.6 is 0 Å². The fourth-order valence-corrected chi connectivity index (χ4v) is 5.90. The largest absolute Gasteiger partial charge is 0.379 e. The van der Waals surface area contributed by atoms with Crippen molar-refractivity contribution in [2.24, 2.45) is 0 Å². The summed E-state index contributed by atoms with van der Waals surface area (Å²) in [5.41, 5.74) is 2.87. The summed E-state index contributed by atoms with van der Waals surface area (Å²) in [4.78, 5) is 5.35. The maximum Gasteiger partial charge on any atom is 0.133 e. The van der Waals surface area contributed by atoms with Crippen molar-refractivity contribution in [3.05, 3.63) is 53.4 Å². The SMILES string of the molecule is Cc1cc(CN2CC[C@]3(c4ccccc4)CC[C@@H](N4CCOCC4)C[C@@H]23)no1. The molecule has 3 heterocycles. The topological polar surface area (TPSA) is 41.7 Å². The Bertz CT molecular complexity index is 786. The molecule has 1 saturated carbocycles. The van der Waals surface area contributed by atoms with Crippen LogP contribution in [0.15, 0.2) is 40.9 Å². The van der Waals surface area contributed by atoms with Crippen LogP contribution in [0.2, 0.25) is 0 Å². The van der Waals surface area contributed by atoms with Crippen LogP contribution in [0, 0.1) is 6.92 Å². The van der Waals surface area contributed by atoms with E-state index >= 15 is 0 Å². The van der Waals surface area contributed by atoms with E-state index in [1.54, 1.807) is 0 Å². The zero-order chi connectivity index (χ0) is 19.0. The molecule has 1 aromatic heterocycles. The summed E-state index contributed by atoms with van der Waals surface area (Å²) in [6.07, 6.45) is 5.06. The van der Waals surface area contributed by atoms with Crippen LogP contribution in [0.4, 0.5) is 0 Å². The molecule has 3 aliphatic rings. The van der Waals surface area contributed by atoms with E-state index in [0.29, 0.717) is 12.1 Å².